The summed E-state index contributed by atoms with van der Waals surface area (Å²) in [7, 11) is 0. The van der Waals surface area contributed by atoms with Crippen molar-refractivity contribution >= 4 is 34.3 Å². The van der Waals surface area contributed by atoms with Gasteiger partial charge in [0.1, 0.15) is 17.2 Å². The number of amides is 1. The fourth-order valence-electron chi connectivity index (χ4n) is 3.24. The number of allylic oxidation sites excluding steroid dienone is 1. The second-order valence-corrected chi connectivity index (χ2v) is 7.00. The topological polar surface area (TPSA) is 38.3 Å². The third-order valence-electron chi connectivity index (χ3n) is 4.42. The fraction of sp³-hybridized carbons (Fsp3) is 0.150. The number of ether oxygens (including phenoxy) is 1. The molecule has 0 saturated carbocycles. The van der Waals surface area contributed by atoms with Crippen molar-refractivity contribution < 1.29 is 13.9 Å². The Morgan fingerprint density at radius 1 is 1.12 bits per heavy atom. The second kappa shape index (κ2) is 5.46. The lowest BCUT2D eigenvalue weighted by atomic mass is 9.92. The fourth-order valence-corrected chi connectivity index (χ4v) is 3.36. The number of carbonyl (C=O) groups is 1. The summed E-state index contributed by atoms with van der Waals surface area (Å²) < 4.78 is 19.5. The molecule has 0 saturated heterocycles. The Bertz CT molecular complexity index is 958. The summed E-state index contributed by atoms with van der Waals surface area (Å²) in [5.41, 5.74) is 2.86. The van der Waals surface area contributed by atoms with Gasteiger partial charge < -0.3 is 10.1 Å². The number of anilines is 1. The van der Waals surface area contributed by atoms with E-state index in [1.54, 1.807) is 6.07 Å². The highest BCUT2D eigenvalue weighted by Crippen LogP contribution is 2.44. The van der Waals surface area contributed by atoms with Crippen molar-refractivity contribution in [1.82, 2.24) is 0 Å². The van der Waals surface area contributed by atoms with Crippen molar-refractivity contribution in [2.24, 2.45) is 0 Å². The lowest BCUT2D eigenvalue weighted by Gasteiger charge is -2.23. The van der Waals surface area contributed by atoms with Crippen LogP contribution in [0.4, 0.5) is 10.1 Å². The Morgan fingerprint density at radius 3 is 2.56 bits per heavy atom. The highest BCUT2D eigenvalue weighted by molar-refractivity contribution is 6.32. The number of hydrogen-bond donors (Lipinski definition) is 1. The first-order chi connectivity index (χ1) is 11.8. The van der Waals surface area contributed by atoms with E-state index in [2.05, 4.69) is 5.32 Å². The molecule has 2 aromatic carbocycles. The summed E-state index contributed by atoms with van der Waals surface area (Å²) in [5, 5.41) is 3.35. The molecule has 0 unspecified atom stereocenters. The average molecular weight is 356 g/mol. The van der Waals surface area contributed by atoms with Crippen LogP contribution < -0.4 is 5.32 Å². The van der Waals surface area contributed by atoms with Crippen LogP contribution in [0.1, 0.15) is 25.0 Å². The maximum Gasteiger partial charge on any atom is 0.260 e. The molecular weight excluding hydrogens is 341 g/mol. The highest BCUT2D eigenvalue weighted by Gasteiger charge is 2.37. The minimum Gasteiger partial charge on any atom is -0.482 e. The quantitative estimate of drug-likeness (QED) is 0.728. The van der Waals surface area contributed by atoms with Crippen molar-refractivity contribution in [3.05, 3.63) is 76.3 Å². The minimum absolute atomic E-state index is 0.292. The molecule has 2 aliphatic heterocycles. The van der Waals surface area contributed by atoms with E-state index < -0.39 is 11.4 Å². The second-order valence-electron chi connectivity index (χ2n) is 6.56. The van der Waals surface area contributed by atoms with Gasteiger partial charge in [-0.25, -0.2) is 4.39 Å². The lowest BCUT2D eigenvalue weighted by molar-refractivity contribution is -0.111. The molecule has 0 atom stereocenters. The van der Waals surface area contributed by atoms with E-state index in [-0.39, 0.29) is 5.91 Å². The number of rotatable bonds is 1. The minimum atomic E-state index is -0.598. The first-order valence-corrected chi connectivity index (χ1v) is 8.26. The molecule has 126 valence electrons. The molecule has 0 radical (unpaired) electrons. The van der Waals surface area contributed by atoms with E-state index >= 15 is 0 Å². The van der Waals surface area contributed by atoms with Crippen molar-refractivity contribution in [3.63, 3.8) is 0 Å². The van der Waals surface area contributed by atoms with E-state index in [0.29, 0.717) is 27.6 Å². The van der Waals surface area contributed by atoms with E-state index in [0.717, 1.165) is 11.1 Å². The van der Waals surface area contributed by atoms with Gasteiger partial charge in [0.2, 0.25) is 0 Å². The number of benzene rings is 2. The summed E-state index contributed by atoms with van der Waals surface area (Å²) in [4.78, 5) is 12.4. The van der Waals surface area contributed by atoms with Gasteiger partial charge in [-0.15, -0.1) is 0 Å². The molecular formula is C20H15ClFNO2. The van der Waals surface area contributed by atoms with E-state index in [4.69, 9.17) is 16.3 Å². The third-order valence-corrected chi connectivity index (χ3v) is 4.67. The first kappa shape index (κ1) is 15.9. The van der Waals surface area contributed by atoms with Gasteiger partial charge >= 0.3 is 0 Å². The Hall–Kier alpha value is -2.59. The number of fused-ring (bicyclic) bond motifs is 1. The first-order valence-electron chi connectivity index (χ1n) is 7.88. The van der Waals surface area contributed by atoms with Gasteiger partial charge in [0.05, 0.1) is 11.3 Å². The largest absolute Gasteiger partial charge is 0.482 e. The number of nitrogens with one attached hydrogen (secondary N) is 1. The van der Waals surface area contributed by atoms with Crippen LogP contribution in [0, 0.1) is 5.82 Å². The normalized spacial score (nSPS) is 20.8. The predicted octanol–water partition coefficient (Wildman–Crippen LogP) is 5.03. The van der Waals surface area contributed by atoms with Crippen molar-refractivity contribution in [2.45, 2.75) is 19.4 Å². The van der Waals surface area contributed by atoms with Gasteiger partial charge in [-0.1, -0.05) is 23.7 Å². The number of hydrogen-bond acceptors (Lipinski definition) is 2. The standard InChI is InChI=1S/C20H15ClFNO2/c1-20(2)15(11-3-5-12(21)6-4-11)10-17(25-20)18-14-8-7-13(22)9-16(14)23-19(18)24/h3-10H,1-2H3,(H,23,24). The molecule has 0 fully saturated rings. The van der Waals surface area contributed by atoms with Gasteiger partial charge in [0, 0.05) is 16.2 Å². The highest BCUT2D eigenvalue weighted by atomic mass is 35.5. The summed E-state index contributed by atoms with van der Waals surface area (Å²) in [6.07, 6.45) is 1.87. The van der Waals surface area contributed by atoms with Crippen LogP contribution in [-0.2, 0) is 9.53 Å². The van der Waals surface area contributed by atoms with E-state index in [9.17, 15) is 9.18 Å². The van der Waals surface area contributed by atoms with Gasteiger partial charge in [-0.3, -0.25) is 4.79 Å². The maximum atomic E-state index is 13.4. The number of halogens is 2. The Morgan fingerprint density at radius 2 is 1.84 bits per heavy atom. The monoisotopic (exact) mass is 355 g/mol. The zero-order valence-corrected chi connectivity index (χ0v) is 14.4. The van der Waals surface area contributed by atoms with Crippen LogP contribution >= 0.6 is 11.6 Å². The summed E-state index contributed by atoms with van der Waals surface area (Å²) in [6.45, 7) is 3.89. The smallest absolute Gasteiger partial charge is 0.260 e. The molecule has 0 spiro atoms. The Balaban J connectivity index is 1.86. The Kier molecular flexibility index (Phi) is 3.48. The molecule has 0 aromatic heterocycles. The molecule has 2 aliphatic rings. The zero-order chi connectivity index (χ0) is 17.8. The van der Waals surface area contributed by atoms with Gasteiger partial charge in [0.15, 0.2) is 0 Å². The molecule has 0 aliphatic carbocycles. The van der Waals surface area contributed by atoms with E-state index in [1.807, 2.05) is 44.2 Å². The van der Waals surface area contributed by atoms with Crippen molar-refractivity contribution in [2.75, 3.05) is 5.32 Å². The van der Waals surface area contributed by atoms with E-state index in [1.165, 1.54) is 12.1 Å². The average Bonchev–Trinajstić information content (AvgIpc) is 3.03. The summed E-state index contributed by atoms with van der Waals surface area (Å²) >= 11 is 5.97. The Labute approximate surface area is 149 Å². The molecule has 3 nitrogen and oxygen atoms in total. The van der Waals surface area contributed by atoms with Crippen LogP contribution in [0.15, 0.2) is 54.3 Å². The van der Waals surface area contributed by atoms with Crippen LogP contribution in [0.2, 0.25) is 5.02 Å². The number of carbonyl (C=O) groups excluding carboxylic acids is 1. The lowest BCUT2D eigenvalue weighted by Crippen LogP contribution is -2.21. The molecule has 4 rings (SSSR count). The zero-order valence-electron chi connectivity index (χ0n) is 13.7. The molecule has 2 aromatic rings. The predicted molar refractivity (Wildman–Crippen MR) is 96.5 cm³/mol. The molecule has 1 N–H and O–H groups in total. The maximum absolute atomic E-state index is 13.4. The van der Waals surface area contributed by atoms with Crippen LogP contribution in [0.3, 0.4) is 0 Å². The van der Waals surface area contributed by atoms with Crippen LogP contribution in [0.5, 0.6) is 0 Å². The molecule has 25 heavy (non-hydrogen) atoms. The van der Waals surface area contributed by atoms with Gasteiger partial charge in [-0.05, 0) is 55.8 Å². The van der Waals surface area contributed by atoms with Gasteiger partial charge in [-0.2, -0.15) is 0 Å². The molecule has 0 bridgehead atoms. The van der Waals surface area contributed by atoms with Gasteiger partial charge in [0.25, 0.3) is 5.91 Å². The van der Waals surface area contributed by atoms with Crippen LogP contribution in [-0.4, -0.2) is 11.5 Å². The SMILES string of the molecule is CC1(C)OC(=C2C(=O)Nc3cc(F)ccc32)C=C1c1ccc(Cl)cc1. The summed E-state index contributed by atoms with van der Waals surface area (Å²) in [5.74, 6) is -0.201. The molecule has 5 heteroatoms. The summed E-state index contributed by atoms with van der Waals surface area (Å²) in [6, 6.07) is 11.7. The van der Waals surface area contributed by atoms with Crippen molar-refractivity contribution in [1.29, 1.82) is 0 Å². The molecule has 2 heterocycles. The third kappa shape index (κ3) is 2.63. The van der Waals surface area contributed by atoms with Crippen LogP contribution in [0.25, 0.3) is 11.1 Å². The molecule has 1 amide bonds. The van der Waals surface area contributed by atoms with Crippen molar-refractivity contribution in [3.8, 4) is 0 Å².